The number of H-pyrrole nitrogens is 2. The van der Waals surface area contributed by atoms with E-state index in [1.54, 1.807) is 11.0 Å². The number of sulfonamides is 1. The van der Waals surface area contributed by atoms with Crippen molar-refractivity contribution in [1.29, 1.82) is 0 Å². The monoisotopic (exact) mass is 429 g/mol. The Labute approximate surface area is 168 Å². The van der Waals surface area contributed by atoms with Crippen molar-refractivity contribution in [2.75, 3.05) is 39.3 Å². The molecule has 1 aromatic carbocycles. The fourth-order valence-corrected chi connectivity index (χ4v) is 5.24. The van der Waals surface area contributed by atoms with Gasteiger partial charge in [-0.2, -0.15) is 4.31 Å². The van der Waals surface area contributed by atoms with E-state index < -0.39 is 10.0 Å². The third kappa shape index (κ3) is 3.95. The molecule has 3 heterocycles. The summed E-state index contributed by atoms with van der Waals surface area (Å²) in [4.78, 5) is 31.1. The molecule has 2 saturated heterocycles. The lowest BCUT2D eigenvalue weighted by Gasteiger charge is -2.36. The third-order valence-corrected chi connectivity index (χ3v) is 7.22. The van der Waals surface area contributed by atoms with Crippen LogP contribution in [-0.4, -0.2) is 72.8 Å². The second-order valence-corrected chi connectivity index (χ2v) is 9.00. The molecule has 1 aromatic heterocycles. The van der Waals surface area contributed by atoms with Gasteiger partial charge in [0.25, 0.3) is 0 Å². The van der Waals surface area contributed by atoms with Crippen LogP contribution in [0.5, 0.6) is 0 Å². The number of aromatic amines is 2. The minimum atomic E-state index is -3.67. The molecule has 0 radical (unpaired) electrons. The molecule has 1 unspecified atom stereocenters. The van der Waals surface area contributed by atoms with Gasteiger partial charge in [-0.15, -0.1) is 12.4 Å². The lowest BCUT2D eigenvalue weighted by Crippen LogP contribution is -2.53. The van der Waals surface area contributed by atoms with E-state index in [0.29, 0.717) is 30.7 Å². The molecule has 0 spiro atoms. The number of rotatable bonds is 3. The first-order valence-corrected chi connectivity index (χ1v) is 10.6. The van der Waals surface area contributed by atoms with Crippen molar-refractivity contribution in [1.82, 2.24) is 24.5 Å². The number of nitrogens with one attached hydrogen (secondary N) is 3. The maximum atomic E-state index is 12.9. The highest BCUT2D eigenvalue weighted by molar-refractivity contribution is 7.89. The fourth-order valence-electron chi connectivity index (χ4n) is 3.79. The standard InChI is InChI=1S/C17H23N5O4S.ClH/c23-16(12-2-1-5-18-11-12)21-6-8-22(9-7-21)27(25,26)13-3-4-14-15(10-13)20-17(24)19-14;/h3-4,10,12,18H,1-2,5-9,11H2,(H2,19,20,24);1H. The van der Waals surface area contributed by atoms with Crippen molar-refractivity contribution >= 4 is 39.4 Å². The van der Waals surface area contributed by atoms with Crippen LogP contribution in [0.4, 0.5) is 0 Å². The minimum absolute atomic E-state index is 0. The Hall–Kier alpha value is -1.88. The molecule has 2 fully saturated rings. The SMILES string of the molecule is Cl.O=C(C1CCCNC1)N1CCN(S(=O)(=O)c2ccc3[nH]c(=O)[nH]c3c2)CC1. The largest absolute Gasteiger partial charge is 0.340 e. The number of amides is 1. The highest BCUT2D eigenvalue weighted by Gasteiger charge is 2.33. The normalized spacial score (nSPS) is 21.4. The summed E-state index contributed by atoms with van der Waals surface area (Å²) in [5.41, 5.74) is 0.652. The van der Waals surface area contributed by atoms with Crippen molar-refractivity contribution in [2.24, 2.45) is 5.92 Å². The number of nitrogens with zero attached hydrogens (tertiary/aromatic N) is 2. The molecule has 1 amide bonds. The number of fused-ring (bicyclic) bond motifs is 1. The van der Waals surface area contributed by atoms with E-state index in [1.165, 1.54) is 16.4 Å². The maximum absolute atomic E-state index is 12.9. The van der Waals surface area contributed by atoms with Crippen LogP contribution in [0.3, 0.4) is 0 Å². The van der Waals surface area contributed by atoms with Gasteiger partial charge < -0.3 is 20.2 Å². The summed E-state index contributed by atoms with van der Waals surface area (Å²) >= 11 is 0. The van der Waals surface area contributed by atoms with Crippen LogP contribution >= 0.6 is 12.4 Å². The van der Waals surface area contributed by atoms with E-state index in [2.05, 4.69) is 15.3 Å². The molecule has 11 heteroatoms. The van der Waals surface area contributed by atoms with Gasteiger partial charge in [0.05, 0.1) is 21.8 Å². The predicted molar refractivity (Wildman–Crippen MR) is 107 cm³/mol. The van der Waals surface area contributed by atoms with Crippen LogP contribution in [0.25, 0.3) is 11.0 Å². The molecule has 1 atom stereocenters. The van der Waals surface area contributed by atoms with E-state index in [4.69, 9.17) is 0 Å². The molecule has 0 saturated carbocycles. The number of carbonyl (C=O) groups is 1. The summed E-state index contributed by atoms with van der Waals surface area (Å²) in [6.07, 6.45) is 1.88. The van der Waals surface area contributed by atoms with Gasteiger partial charge in [-0.05, 0) is 37.6 Å². The molecule has 2 aromatic rings. The Bertz CT molecular complexity index is 1000. The third-order valence-electron chi connectivity index (χ3n) is 5.32. The Kier molecular flexibility index (Phi) is 6.13. The number of halogens is 1. The lowest BCUT2D eigenvalue weighted by molar-refractivity contribution is -0.137. The zero-order chi connectivity index (χ0) is 19.0. The molecule has 0 aliphatic carbocycles. The van der Waals surface area contributed by atoms with E-state index in [0.717, 1.165) is 19.4 Å². The molecular weight excluding hydrogens is 406 g/mol. The second-order valence-electron chi connectivity index (χ2n) is 7.06. The zero-order valence-electron chi connectivity index (χ0n) is 15.3. The van der Waals surface area contributed by atoms with Crippen LogP contribution in [0.15, 0.2) is 27.9 Å². The van der Waals surface area contributed by atoms with Crippen LogP contribution < -0.4 is 11.0 Å². The summed E-state index contributed by atoms with van der Waals surface area (Å²) in [5.74, 6) is 0.111. The molecule has 4 rings (SSSR count). The molecule has 0 bridgehead atoms. The van der Waals surface area contributed by atoms with Gasteiger partial charge in [-0.3, -0.25) is 4.79 Å². The van der Waals surface area contributed by atoms with Crippen molar-refractivity contribution < 1.29 is 13.2 Å². The summed E-state index contributed by atoms with van der Waals surface area (Å²) < 4.78 is 27.3. The first-order valence-electron chi connectivity index (χ1n) is 9.17. The summed E-state index contributed by atoms with van der Waals surface area (Å²) in [5, 5.41) is 3.24. The number of piperidine rings is 1. The number of aromatic nitrogens is 2. The van der Waals surface area contributed by atoms with Crippen molar-refractivity contribution in [3.63, 3.8) is 0 Å². The van der Waals surface area contributed by atoms with Gasteiger partial charge in [-0.1, -0.05) is 0 Å². The highest BCUT2D eigenvalue weighted by atomic mass is 35.5. The van der Waals surface area contributed by atoms with Gasteiger partial charge in [0.1, 0.15) is 0 Å². The average Bonchev–Trinajstić information content (AvgIpc) is 3.07. The molecule has 154 valence electrons. The van der Waals surface area contributed by atoms with E-state index in [-0.39, 0.29) is 47.9 Å². The molecule has 2 aliphatic rings. The van der Waals surface area contributed by atoms with E-state index >= 15 is 0 Å². The summed E-state index contributed by atoms with van der Waals surface area (Å²) in [6, 6.07) is 4.54. The predicted octanol–water partition coefficient (Wildman–Crippen LogP) is 0.111. The van der Waals surface area contributed by atoms with E-state index in [1.807, 2.05) is 0 Å². The number of piperazine rings is 1. The Balaban J connectivity index is 0.00000225. The topological polar surface area (TPSA) is 118 Å². The summed E-state index contributed by atoms with van der Waals surface area (Å²) in [7, 11) is -3.67. The maximum Gasteiger partial charge on any atom is 0.323 e. The highest BCUT2D eigenvalue weighted by Crippen LogP contribution is 2.22. The number of benzene rings is 1. The van der Waals surface area contributed by atoms with E-state index in [9.17, 15) is 18.0 Å². The van der Waals surface area contributed by atoms with Crippen LogP contribution in [0.2, 0.25) is 0 Å². The molecule has 2 aliphatic heterocycles. The Morgan fingerprint density at radius 2 is 1.79 bits per heavy atom. The van der Waals surface area contributed by atoms with Crippen LogP contribution in [0, 0.1) is 5.92 Å². The lowest BCUT2D eigenvalue weighted by atomic mass is 9.98. The van der Waals surface area contributed by atoms with Crippen LogP contribution in [-0.2, 0) is 14.8 Å². The van der Waals surface area contributed by atoms with Gasteiger partial charge in [0.2, 0.25) is 15.9 Å². The van der Waals surface area contributed by atoms with Crippen molar-refractivity contribution in [3.8, 4) is 0 Å². The Morgan fingerprint density at radius 1 is 1.07 bits per heavy atom. The van der Waals surface area contributed by atoms with Crippen molar-refractivity contribution in [3.05, 3.63) is 28.7 Å². The van der Waals surface area contributed by atoms with Crippen molar-refractivity contribution in [2.45, 2.75) is 17.7 Å². The molecule has 9 nitrogen and oxygen atoms in total. The molecule has 28 heavy (non-hydrogen) atoms. The molecular formula is C17H24ClN5O4S. The van der Waals surface area contributed by atoms with Gasteiger partial charge in [-0.25, -0.2) is 13.2 Å². The first-order chi connectivity index (χ1) is 12.9. The average molecular weight is 430 g/mol. The second kappa shape index (κ2) is 8.24. The van der Waals surface area contributed by atoms with Crippen LogP contribution in [0.1, 0.15) is 12.8 Å². The Morgan fingerprint density at radius 3 is 2.46 bits per heavy atom. The van der Waals surface area contributed by atoms with Gasteiger partial charge in [0, 0.05) is 32.7 Å². The number of hydrogen-bond acceptors (Lipinski definition) is 5. The zero-order valence-corrected chi connectivity index (χ0v) is 16.9. The first kappa shape index (κ1) is 20.8. The van der Waals surface area contributed by atoms with Gasteiger partial charge in [0.15, 0.2) is 0 Å². The smallest absolute Gasteiger partial charge is 0.323 e. The summed E-state index contributed by atoms with van der Waals surface area (Å²) in [6.45, 7) is 3.00. The molecule has 3 N–H and O–H groups in total. The number of carbonyl (C=O) groups excluding carboxylic acids is 1. The number of hydrogen-bond donors (Lipinski definition) is 3. The minimum Gasteiger partial charge on any atom is -0.340 e. The fraction of sp³-hybridized carbons (Fsp3) is 0.529. The number of imidazole rings is 1. The quantitative estimate of drug-likeness (QED) is 0.640. The van der Waals surface area contributed by atoms with Gasteiger partial charge >= 0.3 is 5.69 Å².